The molecule has 2 aliphatic heterocycles. The highest BCUT2D eigenvalue weighted by Gasteiger charge is 2.33. The highest BCUT2D eigenvalue weighted by Crippen LogP contribution is 2.32. The van der Waals surface area contributed by atoms with Gasteiger partial charge in [-0.2, -0.15) is 5.10 Å². The van der Waals surface area contributed by atoms with Gasteiger partial charge in [-0.15, -0.1) is 0 Å². The zero-order valence-electron chi connectivity index (χ0n) is 18.3. The first kappa shape index (κ1) is 21.1. The van der Waals surface area contributed by atoms with Crippen LogP contribution in [0.25, 0.3) is 22.2 Å². The molecule has 168 valence electrons. The second kappa shape index (κ2) is 8.61. The fraction of sp³-hybridized carbons (Fsp3) is 0.458. The van der Waals surface area contributed by atoms with Gasteiger partial charge in [0.25, 0.3) is 5.91 Å². The maximum atomic E-state index is 12.5. The number of carbonyl (C=O) groups is 1. The molecule has 8 heteroatoms. The molecule has 8 nitrogen and oxygen atoms in total. The number of carbonyl (C=O) groups excluding carboxylic acids is 1. The van der Waals surface area contributed by atoms with Gasteiger partial charge in [-0.1, -0.05) is 0 Å². The number of nitrogens with one attached hydrogen (secondary N) is 1. The predicted octanol–water partition coefficient (Wildman–Crippen LogP) is 2.67. The van der Waals surface area contributed by atoms with Gasteiger partial charge in [-0.05, 0) is 63.1 Å². The quantitative estimate of drug-likeness (QED) is 0.640. The molecule has 4 heterocycles. The number of ether oxygens (including phenoxy) is 1. The summed E-state index contributed by atoms with van der Waals surface area (Å²) in [5.41, 5.74) is 2.51. The molecule has 1 unspecified atom stereocenters. The molecule has 0 spiro atoms. The zero-order valence-corrected chi connectivity index (χ0v) is 18.3. The van der Waals surface area contributed by atoms with E-state index in [1.54, 1.807) is 12.4 Å². The third kappa shape index (κ3) is 4.26. The van der Waals surface area contributed by atoms with Crippen molar-refractivity contribution in [1.82, 2.24) is 19.7 Å². The first-order valence-corrected chi connectivity index (χ1v) is 11.3. The summed E-state index contributed by atoms with van der Waals surface area (Å²) in [5.74, 6) is -0.116. The van der Waals surface area contributed by atoms with Crippen molar-refractivity contribution in [1.29, 1.82) is 0 Å². The second-order valence-electron chi connectivity index (χ2n) is 9.00. The van der Waals surface area contributed by atoms with Crippen molar-refractivity contribution >= 4 is 22.5 Å². The number of aromatic nitrogens is 3. The number of aliphatic hydroxyl groups is 1. The van der Waals surface area contributed by atoms with Gasteiger partial charge in [0.05, 0.1) is 17.7 Å². The maximum Gasteiger partial charge on any atom is 0.253 e. The Balaban J connectivity index is 1.50. The molecule has 2 aliphatic rings. The number of benzene rings is 1. The number of piperidine rings is 1. The van der Waals surface area contributed by atoms with E-state index >= 15 is 0 Å². The van der Waals surface area contributed by atoms with E-state index < -0.39 is 5.60 Å². The Bertz CT molecular complexity index is 1100. The summed E-state index contributed by atoms with van der Waals surface area (Å²) >= 11 is 0. The minimum absolute atomic E-state index is 0.116. The summed E-state index contributed by atoms with van der Waals surface area (Å²) in [7, 11) is 2.08. The van der Waals surface area contributed by atoms with Gasteiger partial charge >= 0.3 is 0 Å². The Morgan fingerprint density at radius 1 is 1.31 bits per heavy atom. The molecule has 0 saturated carbocycles. The molecule has 5 rings (SSSR count). The van der Waals surface area contributed by atoms with Crippen LogP contribution in [-0.2, 0) is 16.1 Å². The Kier molecular flexibility index (Phi) is 5.67. The molecule has 1 atom stereocenters. The third-order valence-electron chi connectivity index (χ3n) is 6.54. The first-order valence-electron chi connectivity index (χ1n) is 11.3. The van der Waals surface area contributed by atoms with Gasteiger partial charge in [0, 0.05) is 48.7 Å². The van der Waals surface area contributed by atoms with Crippen LogP contribution in [0, 0.1) is 0 Å². The van der Waals surface area contributed by atoms with Gasteiger partial charge in [0.2, 0.25) is 0 Å². The Hall–Kier alpha value is -2.81. The summed E-state index contributed by atoms with van der Waals surface area (Å²) in [4.78, 5) is 19.0. The number of amides is 1. The number of rotatable bonds is 5. The van der Waals surface area contributed by atoms with Crippen LogP contribution in [0.1, 0.15) is 25.7 Å². The lowest BCUT2D eigenvalue weighted by molar-refractivity contribution is -0.124. The number of fused-ring (bicyclic) bond motifs is 1. The van der Waals surface area contributed by atoms with Crippen molar-refractivity contribution in [3.05, 3.63) is 42.7 Å². The monoisotopic (exact) mass is 435 g/mol. The van der Waals surface area contributed by atoms with Gasteiger partial charge < -0.3 is 20.1 Å². The standard InChI is InChI=1S/C24H29N5O3/c1-28-11-8-24(31,9-12-28)16-29-20-14-18(26-23(30)21-5-3-13-32-21)6-7-19(20)22(27-29)17-4-2-10-25-15-17/h2,4,6-7,10,14-15,21,31H,3,5,8-9,11-13,16H2,1H3,(H,26,30). The molecule has 2 aromatic heterocycles. The minimum atomic E-state index is -0.811. The van der Waals surface area contributed by atoms with E-state index in [1.807, 2.05) is 35.0 Å². The van der Waals surface area contributed by atoms with Gasteiger partial charge in [0.15, 0.2) is 0 Å². The predicted molar refractivity (Wildman–Crippen MR) is 122 cm³/mol. The van der Waals surface area contributed by atoms with Crippen molar-refractivity contribution < 1.29 is 14.6 Å². The van der Waals surface area contributed by atoms with Crippen LogP contribution in [0.3, 0.4) is 0 Å². The van der Waals surface area contributed by atoms with E-state index in [9.17, 15) is 9.90 Å². The van der Waals surface area contributed by atoms with Crippen molar-refractivity contribution in [2.45, 2.75) is 43.9 Å². The summed E-state index contributed by atoms with van der Waals surface area (Å²) in [6.07, 6.45) is 6.20. The molecule has 2 N–H and O–H groups in total. The summed E-state index contributed by atoms with van der Waals surface area (Å²) in [6.45, 7) is 2.74. The topological polar surface area (TPSA) is 92.5 Å². The molecule has 0 radical (unpaired) electrons. The van der Waals surface area contributed by atoms with Crippen molar-refractivity contribution in [3.63, 3.8) is 0 Å². The normalized spacial score (nSPS) is 21.1. The molecular weight excluding hydrogens is 406 g/mol. The fourth-order valence-corrected chi connectivity index (χ4v) is 4.57. The number of hydrogen-bond donors (Lipinski definition) is 2. The van der Waals surface area contributed by atoms with E-state index in [0.717, 1.165) is 48.1 Å². The molecule has 1 amide bonds. The number of hydrogen-bond acceptors (Lipinski definition) is 6. The smallest absolute Gasteiger partial charge is 0.253 e. The Morgan fingerprint density at radius 2 is 2.16 bits per heavy atom. The van der Waals surface area contributed by atoms with Crippen molar-refractivity contribution in [3.8, 4) is 11.3 Å². The van der Waals surface area contributed by atoms with E-state index in [4.69, 9.17) is 9.84 Å². The lowest BCUT2D eigenvalue weighted by Crippen LogP contribution is -2.45. The lowest BCUT2D eigenvalue weighted by atomic mass is 9.91. The summed E-state index contributed by atoms with van der Waals surface area (Å²) in [5, 5.41) is 20.1. The van der Waals surface area contributed by atoms with Crippen LogP contribution in [0.4, 0.5) is 5.69 Å². The molecule has 1 aromatic carbocycles. The lowest BCUT2D eigenvalue weighted by Gasteiger charge is -2.36. The van der Waals surface area contributed by atoms with E-state index in [1.165, 1.54) is 0 Å². The van der Waals surface area contributed by atoms with Gasteiger partial charge in [0.1, 0.15) is 11.8 Å². The third-order valence-corrected chi connectivity index (χ3v) is 6.54. The fourth-order valence-electron chi connectivity index (χ4n) is 4.57. The zero-order chi connectivity index (χ0) is 22.1. The molecule has 0 aliphatic carbocycles. The van der Waals surface area contributed by atoms with Crippen molar-refractivity contribution in [2.75, 3.05) is 32.1 Å². The summed E-state index contributed by atoms with van der Waals surface area (Å²) < 4.78 is 7.39. The van der Waals surface area contributed by atoms with Gasteiger partial charge in [-0.3, -0.25) is 14.5 Å². The minimum Gasteiger partial charge on any atom is -0.388 e. The van der Waals surface area contributed by atoms with Crippen LogP contribution in [0.2, 0.25) is 0 Å². The molecule has 32 heavy (non-hydrogen) atoms. The number of anilines is 1. The molecule has 3 aromatic rings. The number of likely N-dealkylation sites (tertiary alicyclic amines) is 1. The van der Waals surface area contributed by atoms with Crippen LogP contribution in [0.5, 0.6) is 0 Å². The van der Waals surface area contributed by atoms with Crippen LogP contribution in [-0.4, -0.2) is 69.1 Å². The number of nitrogens with zero attached hydrogens (tertiary/aromatic N) is 4. The summed E-state index contributed by atoms with van der Waals surface area (Å²) in [6, 6.07) is 9.68. The average molecular weight is 436 g/mol. The largest absolute Gasteiger partial charge is 0.388 e. The highest BCUT2D eigenvalue weighted by molar-refractivity contribution is 5.99. The molecular formula is C24H29N5O3. The second-order valence-corrected chi connectivity index (χ2v) is 9.00. The van der Waals surface area contributed by atoms with Crippen LogP contribution < -0.4 is 5.32 Å². The van der Waals surface area contributed by atoms with E-state index in [0.29, 0.717) is 31.7 Å². The molecule has 2 saturated heterocycles. The Labute approximate surface area is 187 Å². The number of pyridine rings is 1. The maximum absolute atomic E-state index is 12.5. The average Bonchev–Trinajstić information content (AvgIpc) is 3.46. The van der Waals surface area contributed by atoms with Crippen LogP contribution in [0.15, 0.2) is 42.7 Å². The molecule has 2 fully saturated rings. The SMILES string of the molecule is CN1CCC(O)(Cn2nc(-c3cccnc3)c3ccc(NC(=O)C4CCCO4)cc32)CC1. The Morgan fingerprint density at radius 3 is 2.88 bits per heavy atom. The van der Waals surface area contributed by atoms with Crippen molar-refractivity contribution in [2.24, 2.45) is 0 Å². The van der Waals surface area contributed by atoms with Crippen LogP contribution >= 0.6 is 0 Å². The molecule has 0 bridgehead atoms. The van der Waals surface area contributed by atoms with E-state index in [-0.39, 0.29) is 12.0 Å². The first-order chi connectivity index (χ1) is 15.5. The van der Waals surface area contributed by atoms with E-state index in [2.05, 4.69) is 22.2 Å². The highest BCUT2D eigenvalue weighted by atomic mass is 16.5. The van der Waals surface area contributed by atoms with Gasteiger partial charge in [-0.25, -0.2) is 0 Å².